The third-order valence-corrected chi connectivity index (χ3v) is 12.9. The average molecular weight is 861 g/mol. The molecule has 322 valence electrons. The molecule has 2 fully saturated rings. The minimum Gasteiger partial charge on any atom is -0.453 e. The van der Waals surface area contributed by atoms with E-state index in [2.05, 4.69) is 48.3 Å². The smallest absolute Gasteiger partial charge is 0.407 e. The maximum Gasteiger partial charge on any atom is 0.407 e. The zero-order valence-electron chi connectivity index (χ0n) is 34.3. The van der Waals surface area contributed by atoms with Gasteiger partial charge in [-0.05, 0) is 90.8 Å². The average Bonchev–Trinajstić information content (AvgIpc) is 4.08. The number of thiophene rings is 2. The van der Waals surface area contributed by atoms with E-state index in [0.29, 0.717) is 42.5 Å². The lowest BCUT2D eigenvalue weighted by molar-refractivity contribution is -0.136. The second-order valence-corrected chi connectivity index (χ2v) is 17.6. The van der Waals surface area contributed by atoms with E-state index in [4.69, 9.17) is 23.5 Å². The van der Waals surface area contributed by atoms with Crippen LogP contribution in [0.5, 0.6) is 0 Å². The van der Waals surface area contributed by atoms with Crippen LogP contribution in [-0.4, -0.2) is 83.7 Å². The number of likely N-dealkylation sites (tertiary alicyclic amines) is 2. The Bertz CT molecular complexity index is 2460. The number of hydrogen-bond acceptors (Lipinski definition) is 12. The van der Waals surface area contributed by atoms with Crippen LogP contribution in [0.15, 0.2) is 57.4 Å². The van der Waals surface area contributed by atoms with Crippen molar-refractivity contribution in [2.75, 3.05) is 33.9 Å². The summed E-state index contributed by atoms with van der Waals surface area (Å²) in [5.41, 5.74) is 4.80. The molecule has 2 aromatic carbocycles. The van der Waals surface area contributed by atoms with Crippen LogP contribution in [0.3, 0.4) is 0 Å². The molecule has 14 nitrogen and oxygen atoms in total. The van der Waals surface area contributed by atoms with Gasteiger partial charge < -0.3 is 38.7 Å². The van der Waals surface area contributed by atoms with Gasteiger partial charge in [-0.1, -0.05) is 48.5 Å². The number of benzene rings is 2. The minimum absolute atomic E-state index is 0. The Balaban J connectivity index is 0.00000137. The van der Waals surface area contributed by atoms with Gasteiger partial charge in [0.15, 0.2) is 11.2 Å². The van der Waals surface area contributed by atoms with Gasteiger partial charge in [0.05, 0.1) is 14.2 Å². The number of ether oxygens (including phenoxy) is 2. The summed E-state index contributed by atoms with van der Waals surface area (Å²) in [6.07, 6.45) is 2.22. The second-order valence-electron chi connectivity index (χ2n) is 15.4. The number of methoxy groups -OCH3 is 2. The second kappa shape index (κ2) is 18.8. The number of carbonyl (C=O) groups excluding carboxylic acids is 4. The molecule has 4 amide bonds. The van der Waals surface area contributed by atoms with Crippen molar-refractivity contribution in [1.82, 2.24) is 30.4 Å². The van der Waals surface area contributed by atoms with Gasteiger partial charge in [0.1, 0.15) is 35.7 Å². The maximum atomic E-state index is 13.7. The van der Waals surface area contributed by atoms with Crippen molar-refractivity contribution in [2.24, 2.45) is 11.8 Å². The van der Waals surface area contributed by atoms with E-state index >= 15 is 0 Å². The summed E-state index contributed by atoms with van der Waals surface area (Å²) >= 11 is 3.41. The lowest BCUT2D eigenvalue weighted by atomic mass is 10.0. The van der Waals surface area contributed by atoms with Gasteiger partial charge in [0.25, 0.3) is 0 Å². The molecule has 6 aromatic rings. The Hall–Kier alpha value is -5.48. The number of nitrogens with one attached hydrogen (secondary N) is 2. The number of fused-ring (bicyclic) bond motifs is 3. The molecule has 4 atom stereocenters. The molecular weight excluding hydrogens is 805 g/mol. The first-order valence-corrected chi connectivity index (χ1v) is 21.7. The summed E-state index contributed by atoms with van der Waals surface area (Å²) in [5, 5.41) is 5.16. The first kappa shape index (κ1) is 44.1. The van der Waals surface area contributed by atoms with Crippen LogP contribution in [0.1, 0.15) is 93.0 Å². The zero-order chi connectivity index (χ0) is 42.0. The number of oxazole rings is 2. The Labute approximate surface area is 359 Å². The molecule has 2 N–H and O–H groups in total. The Kier molecular flexibility index (Phi) is 13.8. The predicted octanol–water partition coefficient (Wildman–Crippen LogP) is 10.2. The molecule has 16 heteroatoms. The molecule has 0 bridgehead atoms. The highest BCUT2D eigenvalue weighted by atomic mass is 32.1. The fraction of sp³-hybridized carbons (Fsp3) is 0.455. The molecule has 4 aromatic heterocycles. The first-order chi connectivity index (χ1) is 28.4. The predicted molar refractivity (Wildman–Crippen MR) is 237 cm³/mol. The molecule has 0 spiro atoms. The molecule has 2 aliphatic heterocycles. The SMILES string of the molecule is C.CCC.COC(=O)NCC(=O)N1CCC[C@H]1c1nc2cc(-c3cc4sc(-c5ccc6oc(C7C[C@H](C)CN7C(=O)[C@@H](NC(=O)OC)C(C)C)nc6c5)cc4s3)ccc2o1.[HH]. The van der Waals surface area contributed by atoms with E-state index in [0.717, 1.165) is 54.2 Å². The Morgan fingerprint density at radius 3 is 1.93 bits per heavy atom. The van der Waals surface area contributed by atoms with Crippen LogP contribution in [0.2, 0.25) is 0 Å². The van der Waals surface area contributed by atoms with Crippen LogP contribution in [-0.2, 0) is 19.1 Å². The summed E-state index contributed by atoms with van der Waals surface area (Å²) in [4.78, 5) is 65.5. The van der Waals surface area contributed by atoms with Crippen molar-refractivity contribution >= 4 is 78.3 Å². The standard InChI is InChI=1S/C40H42N6O8S2.C3H8.CH4.H2/c1-20(2)35(44-40(50)52-5)38(48)46-19-21(3)13-27(46)37-43-25-15-23(9-11-29(25)54-37)31-17-33-32(56-31)16-30(55-33)22-8-10-28-24(14-22)42-36(53-28)26-7-6-12-45(26)34(47)18-41-39(49)51-4;1-3-2;;/h8-11,14-17,20-21,26-27,35H,6-7,12-13,18-19H2,1-5H3,(H,41,49)(H,44,50);3H2,1-2H3;1H4;1H/t21-,26-,27?,35-;;;/m0.../s1. The summed E-state index contributed by atoms with van der Waals surface area (Å²) in [7, 11) is 2.54. The van der Waals surface area contributed by atoms with Gasteiger partial charge >= 0.3 is 12.2 Å². The third-order valence-electron chi connectivity index (χ3n) is 10.5. The number of nitrogens with zero attached hydrogens (tertiary/aromatic N) is 4. The van der Waals surface area contributed by atoms with Crippen LogP contribution < -0.4 is 10.6 Å². The van der Waals surface area contributed by atoms with Crippen molar-refractivity contribution < 1.29 is 38.9 Å². The molecule has 1 unspecified atom stereocenters. The largest absolute Gasteiger partial charge is 0.453 e. The zero-order valence-corrected chi connectivity index (χ0v) is 36.0. The Morgan fingerprint density at radius 2 is 1.40 bits per heavy atom. The summed E-state index contributed by atoms with van der Waals surface area (Å²) < 4.78 is 24.1. The fourth-order valence-electron chi connectivity index (χ4n) is 7.65. The molecule has 8 rings (SSSR count). The van der Waals surface area contributed by atoms with Crippen LogP contribution in [0.25, 0.3) is 52.5 Å². The topological polar surface area (TPSA) is 169 Å². The first-order valence-electron chi connectivity index (χ1n) is 20.0. The molecule has 0 radical (unpaired) electrons. The highest BCUT2D eigenvalue weighted by Gasteiger charge is 2.41. The van der Waals surface area contributed by atoms with Crippen LogP contribution in [0, 0.1) is 11.8 Å². The number of carbonyl (C=O) groups is 4. The van der Waals surface area contributed by atoms with E-state index in [9.17, 15) is 19.2 Å². The van der Waals surface area contributed by atoms with Crippen molar-refractivity contribution in [1.29, 1.82) is 0 Å². The Morgan fingerprint density at radius 1 is 0.850 bits per heavy atom. The van der Waals surface area contributed by atoms with Crippen molar-refractivity contribution in [3.63, 3.8) is 0 Å². The highest BCUT2D eigenvalue weighted by Crippen LogP contribution is 2.44. The molecule has 0 aliphatic carbocycles. The van der Waals surface area contributed by atoms with Crippen molar-refractivity contribution in [3.05, 3.63) is 60.3 Å². The number of amides is 4. The summed E-state index contributed by atoms with van der Waals surface area (Å²) in [6.45, 7) is 11.1. The molecule has 0 saturated carbocycles. The molecule has 6 heterocycles. The van der Waals surface area contributed by atoms with E-state index in [-0.39, 0.29) is 51.1 Å². The highest BCUT2D eigenvalue weighted by molar-refractivity contribution is 7.31. The monoisotopic (exact) mass is 860 g/mol. The number of rotatable bonds is 9. The van der Waals surface area contributed by atoms with Crippen LogP contribution >= 0.6 is 22.7 Å². The van der Waals surface area contributed by atoms with Gasteiger partial charge in [-0.2, -0.15) is 0 Å². The number of alkyl carbamates (subject to hydrolysis) is 2. The van der Waals surface area contributed by atoms with Crippen LogP contribution in [0.4, 0.5) is 9.59 Å². The molecule has 60 heavy (non-hydrogen) atoms. The fourth-order valence-corrected chi connectivity index (χ4v) is 10.0. The quantitative estimate of drug-likeness (QED) is 0.143. The molecule has 2 aliphatic rings. The van der Waals surface area contributed by atoms with E-state index in [1.807, 2.05) is 50.2 Å². The van der Waals surface area contributed by atoms with Crippen molar-refractivity contribution in [3.8, 4) is 20.9 Å². The van der Waals surface area contributed by atoms with E-state index in [1.165, 1.54) is 20.6 Å². The third kappa shape index (κ3) is 9.14. The van der Waals surface area contributed by atoms with Gasteiger partial charge in [-0.25, -0.2) is 19.6 Å². The van der Waals surface area contributed by atoms with Gasteiger partial charge in [-0.3, -0.25) is 9.59 Å². The van der Waals surface area contributed by atoms with Crippen molar-refractivity contribution in [2.45, 2.75) is 85.9 Å². The van der Waals surface area contributed by atoms with Gasteiger partial charge in [0, 0.05) is 33.7 Å². The summed E-state index contributed by atoms with van der Waals surface area (Å²) in [5.74, 6) is 0.697. The van der Waals surface area contributed by atoms with E-state index in [1.54, 1.807) is 32.5 Å². The summed E-state index contributed by atoms with van der Waals surface area (Å²) in [6, 6.07) is 15.0. The minimum atomic E-state index is -0.728. The number of hydrogen-bond donors (Lipinski definition) is 2. The number of aromatic nitrogens is 2. The van der Waals surface area contributed by atoms with Gasteiger partial charge in [-0.15, -0.1) is 22.7 Å². The van der Waals surface area contributed by atoms with E-state index < -0.39 is 18.2 Å². The normalized spacial score (nSPS) is 18.0. The molecule has 2 saturated heterocycles. The lowest BCUT2D eigenvalue weighted by Gasteiger charge is -2.29. The van der Waals surface area contributed by atoms with Gasteiger partial charge in [0.2, 0.25) is 23.6 Å². The molecular formula is C44H56N6O8S2. The lowest BCUT2D eigenvalue weighted by Crippen LogP contribution is -2.51. The maximum absolute atomic E-state index is 13.7.